The molecule has 2 rings (SSSR count). The summed E-state index contributed by atoms with van der Waals surface area (Å²) in [6.07, 6.45) is 0. The molecule has 18 heavy (non-hydrogen) atoms. The molecule has 0 radical (unpaired) electrons. The van der Waals surface area contributed by atoms with Crippen molar-refractivity contribution in [3.63, 3.8) is 0 Å². The zero-order chi connectivity index (χ0) is 12.8. The first-order chi connectivity index (χ1) is 8.72. The van der Waals surface area contributed by atoms with E-state index < -0.39 is 5.77 Å². The van der Waals surface area contributed by atoms with E-state index >= 15 is 0 Å². The van der Waals surface area contributed by atoms with Crippen molar-refractivity contribution in [1.29, 1.82) is 0 Å². The molecule has 5 heteroatoms. The topological polar surface area (TPSA) is 26.3 Å². The minimum atomic E-state index is -2.81. The van der Waals surface area contributed by atoms with Crippen LogP contribution in [0.3, 0.4) is 0 Å². The molecule has 0 N–H and O–H groups in total. The van der Waals surface area contributed by atoms with Crippen LogP contribution in [0.15, 0.2) is 70.5 Å². The first-order valence-electron chi connectivity index (χ1n) is 5.37. The second-order valence-corrected chi connectivity index (χ2v) is 10.7. The third-order valence-corrected chi connectivity index (χ3v) is 8.85. The van der Waals surface area contributed by atoms with Crippen LogP contribution in [0.5, 0.6) is 0 Å². The van der Waals surface area contributed by atoms with Crippen LogP contribution in [0, 0.1) is 0 Å². The molecule has 0 unspecified atom stereocenters. The van der Waals surface area contributed by atoms with E-state index in [1.54, 1.807) is 0 Å². The Morgan fingerprint density at radius 1 is 0.833 bits per heavy atom. The fraction of sp³-hybridized carbons (Fsp3) is 0.0769. The maximum atomic E-state index is 12.6. The fourth-order valence-corrected chi connectivity index (χ4v) is 7.30. The Kier molecular flexibility index (Phi) is 4.95. The summed E-state index contributed by atoms with van der Waals surface area (Å²) in [4.78, 5) is 1.90. The van der Waals surface area contributed by atoms with Crippen molar-refractivity contribution in [2.24, 2.45) is 0 Å². The minimum absolute atomic E-state index is 0.950. The summed E-state index contributed by atoms with van der Waals surface area (Å²) in [6.45, 7) is 0. The van der Waals surface area contributed by atoms with E-state index in [9.17, 15) is 4.57 Å². The molecule has 0 fully saturated rings. The van der Waals surface area contributed by atoms with E-state index in [0.29, 0.717) is 0 Å². The van der Waals surface area contributed by atoms with Crippen LogP contribution in [-0.2, 0) is 9.09 Å². The molecular formula is C13H13O2PS2. The molecule has 2 nitrogen and oxygen atoms in total. The molecule has 2 aromatic carbocycles. The van der Waals surface area contributed by atoms with Crippen LogP contribution in [0.1, 0.15) is 0 Å². The van der Waals surface area contributed by atoms with Crippen molar-refractivity contribution in [1.82, 2.24) is 0 Å². The molecule has 0 aliphatic carbocycles. The minimum Gasteiger partial charge on any atom is -0.316 e. The second-order valence-electron chi connectivity index (χ2n) is 3.44. The normalized spacial score (nSPS) is 11.4. The number of hydrogen-bond donors (Lipinski definition) is 0. The van der Waals surface area contributed by atoms with Gasteiger partial charge in [-0.15, -0.1) is 0 Å². The van der Waals surface area contributed by atoms with Gasteiger partial charge in [-0.25, -0.2) is 0 Å². The van der Waals surface area contributed by atoms with Gasteiger partial charge < -0.3 is 4.52 Å². The van der Waals surface area contributed by atoms with Crippen molar-refractivity contribution >= 4 is 28.5 Å². The number of hydrogen-bond acceptors (Lipinski definition) is 4. The quantitative estimate of drug-likeness (QED) is 0.697. The lowest BCUT2D eigenvalue weighted by molar-refractivity contribution is 0.424. The maximum Gasteiger partial charge on any atom is 0.322 e. The molecule has 0 saturated heterocycles. The van der Waals surface area contributed by atoms with Crippen LogP contribution in [0.2, 0.25) is 0 Å². The molecule has 0 aromatic heterocycles. The van der Waals surface area contributed by atoms with Gasteiger partial charge in [-0.3, -0.25) is 4.57 Å². The van der Waals surface area contributed by atoms with Crippen LogP contribution in [0.4, 0.5) is 0 Å². The van der Waals surface area contributed by atoms with Gasteiger partial charge >= 0.3 is 5.77 Å². The molecule has 0 atom stereocenters. The van der Waals surface area contributed by atoms with Crippen molar-refractivity contribution in [2.45, 2.75) is 9.79 Å². The molecule has 0 amide bonds. The van der Waals surface area contributed by atoms with E-state index in [2.05, 4.69) is 0 Å². The van der Waals surface area contributed by atoms with E-state index in [1.807, 2.05) is 60.7 Å². The van der Waals surface area contributed by atoms with Gasteiger partial charge in [-0.1, -0.05) is 36.4 Å². The molecule has 0 heterocycles. The first-order valence-corrected chi connectivity index (χ1v) is 9.84. The summed E-state index contributed by atoms with van der Waals surface area (Å²) in [5, 5.41) is 0. The first kappa shape index (κ1) is 13.8. The Balaban J connectivity index is 2.14. The fourth-order valence-electron chi connectivity index (χ4n) is 1.31. The molecule has 2 aromatic rings. The predicted octanol–water partition coefficient (Wildman–Crippen LogP) is 5.33. The number of benzene rings is 2. The largest absolute Gasteiger partial charge is 0.322 e. The van der Waals surface area contributed by atoms with Gasteiger partial charge in [0.25, 0.3) is 0 Å². The van der Waals surface area contributed by atoms with Crippen LogP contribution in [-0.4, -0.2) is 7.11 Å². The van der Waals surface area contributed by atoms with E-state index in [4.69, 9.17) is 4.52 Å². The van der Waals surface area contributed by atoms with Gasteiger partial charge in [0.05, 0.1) is 0 Å². The summed E-state index contributed by atoms with van der Waals surface area (Å²) in [7, 11) is 1.49. The van der Waals surface area contributed by atoms with Crippen molar-refractivity contribution < 1.29 is 9.09 Å². The van der Waals surface area contributed by atoms with Crippen LogP contribution < -0.4 is 0 Å². The number of rotatable bonds is 5. The molecule has 0 aliphatic rings. The molecule has 0 spiro atoms. The van der Waals surface area contributed by atoms with Crippen molar-refractivity contribution in [2.75, 3.05) is 7.11 Å². The van der Waals surface area contributed by atoms with Crippen LogP contribution in [0.25, 0.3) is 0 Å². The Bertz CT molecular complexity index is 486. The average Bonchev–Trinajstić information content (AvgIpc) is 2.41. The highest BCUT2D eigenvalue weighted by Crippen LogP contribution is 2.73. The lowest BCUT2D eigenvalue weighted by Gasteiger charge is -2.14. The SMILES string of the molecule is COP(=O)(Sc1ccccc1)Sc1ccccc1. The highest BCUT2D eigenvalue weighted by molar-refractivity contribution is 8.89. The zero-order valence-corrected chi connectivity index (χ0v) is 12.4. The zero-order valence-electron chi connectivity index (χ0n) is 9.85. The van der Waals surface area contributed by atoms with Gasteiger partial charge in [0.1, 0.15) is 0 Å². The lowest BCUT2D eigenvalue weighted by Crippen LogP contribution is -1.77. The summed E-state index contributed by atoms with van der Waals surface area (Å²) in [5.74, 6) is -2.81. The smallest absolute Gasteiger partial charge is 0.316 e. The summed E-state index contributed by atoms with van der Waals surface area (Å²) < 4.78 is 17.9. The Morgan fingerprint density at radius 2 is 1.22 bits per heavy atom. The summed E-state index contributed by atoms with van der Waals surface area (Å²) in [5.41, 5.74) is 0. The van der Waals surface area contributed by atoms with Gasteiger partial charge in [0.15, 0.2) is 0 Å². The van der Waals surface area contributed by atoms with E-state index in [-0.39, 0.29) is 0 Å². The van der Waals surface area contributed by atoms with Crippen molar-refractivity contribution in [3.8, 4) is 0 Å². The average molecular weight is 296 g/mol. The molecular weight excluding hydrogens is 283 g/mol. The van der Waals surface area contributed by atoms with Gasteiger partial charge in [-0.05, 0) is 47.0 Å². The molecule has 0 aliphatic heterocycles. The molecule has 94 valence electrons. The van der Waals surface area contributed by atoms with Crippen LogP contribution >= 0.6 is 28.5 Å². The third kappa shape index (κ3) is 3.92. The maximum absolute atomic E-state index is 12.6. The molecule has 0 saturated carbocycles. The summed E-state index contributed by atoms with van der Waals surface area (Å²) in [6, 6.07) is 19.3. The van der Waals surface area contributed by atoms with Gasteiger partial charge in [-0.2, -0.15) is 0 Å². The van der Waals surface area contributed by atoms with E-state index in [0.717, 1.165) is 9.79 Å². The Labute approximate surface area is 115 Å². The molecule has 0 bridgehead atoms. The van der Waals surface area contributed by atoms with Crippen molar-refractivity contribution in [3.05, 3.63) is 60.7 Å². The lowest BCUT2D eigenvalue weighted by atomic mass is 10.4. The van der Waals surface area contributed by atoms with E-state index in [1.165, 1.54) is 29.9 Å². The van der Waals surface area contributed by atoms with Gasteiger partial charge in [0, 0.05) is 16.9 Å². The Morgan fingerprint density at radius 3 is 1.56 bits per heavy atom. The third-order valence-electron chi connectivity index (χ3n) is 2.14. The highest BCUT2D eigenvalue weighted by atomic mass is 33.1. The summed E-state index contributed by atoms with van der Waals surface area (Å²) >= 11 is 2.56. The highest BCUT2D eigenvalue weighted by Gasteiger charge is 2.25. The monoisotopic (exact) mass is 296 g/mol. The Hall–Kier alpha value is -0.670. The van der Waals surface area contributed by atoms with Gasteiger partial charge in [0.2, 0.25) is 0 Å². The predicted molar refractivity (Wildman–Crippen MR) is 79.2 cm³/mol. The standard InChI is InChI=1S/C13H13O2PS2/c1-15-16(14,17-12-8-4-2-5-9-12)18-13-10-6-3-7-11-13/h2-11H,1H3. The second kappa shape index (κ2) is 6.48.